The molecule has 1 aliphatic heterocycles. The summed E-state index contributed by atoms with van der Waals surface area (Å²) < 4.78 is 0. The van der Waals surface area contributed by atoms with Gasteiger partial charge in [0.15, 0.2) is 0 Å². The first kappa shape index (κ1) is 11.7. The van der Waals surface area contributed by atoms with Crippen molar-refractivity contribution in [2.45, 2.75) is 13.3 Å². The second-order valence-electron chi connectivity index (χ2n) is 4.69. The van der Waals surface area contributed by atoms with Crippen LogP contribution in [0.25, 0.3) is 0 Å². The first-order chi connectivity index (χ1) is 9.15. The third kappa shape index (κ3) is 2.05. The van der Waals surface area contributed by atoms with Gasteiger partial charge in [-0.25, -0.2) is 9.78 Å². The van der Waals surface area contributed by atoms with E-state index in [2.05, 4.69) is 16.0 Å². The lowest BCUT2D eigenvalue weighted by Gasteiger charge is -2.19. The number of pyridine rings is 1. The third-order valence-corrected chi connectivity index (χ3v) is 3.35. The Bertz CT molecular complexity index is 652. The maximum Gasteiger partial charge on any atom is 0.335 e. The number of hydrogen-bond donors (Lipinski definition) is 1. The fourth-order valence-corrected chi connectivity index (χ4v) is 2.49. The molecule has 0 aliphatic carbocycles. The second-order valence-corrected chi connectivity index (χ2v) is 4.69. The van der Waals surface area contributed by atoms with Crippen LogP contribution in [0.5, 0.6) is 0 Å². The first-order valence-electron chi connectivity index (χ1n) is 6.22. The largest absolute Gasteiger partial charge is 0.478 e. The van der Waals surface area contributed by atoms with Crippen molar-refractivity contribution in [1.82, 2.24) is 4.98 Å². The van der Waals surface area contributed by atoms with E-state index in [0.717, 1.165) is 24.3 Å². The number of aromatic carboxylic acids is 1. The Morgan fingerprint density at radius 3 is 2.89 bits per heavy atom. The zero-order valence-electron chi connectivity index (χ0n) is 10.6. The van der Waals surface area contributed by atoms with E-state index >= 15 is 0 Å². The molecule has 0 fully saturated rings. The highest BCUT2D eigenvalue weighted by atomic mass is 16.4. The Morgan fingerprint density at radius 2 is 2.11 bits per heavy atom. The molecule has 19 heavy (non-hydrogen) atoms. The number of para-hydroxylation sites is 1. The highest BCUT2D eigenvalue weighted by molar-refractivity contribution is 5.89. The zero-order valence-corrected chi connectivity index (χ0v) is 10.6. The van der Waals surface area contributed by atoms with Gasteiger partial charge in [0.1, 0.15) is 5.82 Å². The SMILES string of the molecule is Cc1cc(C(=O)O)cc(N2CCc3ccccc32)n1. The molecule has 0 spiro atoms. The quantitative estimate of drug-likeness (QED) is 0.895. The number of carboxylic acid groups (broad SMARTS) is 1. The topological polar surface area (TPSA) is 53.4 Å². The lowest BCUT2D eigenvalue weighted by molar-refractivity contribution is 0.0696. The minimum atomic E-state index is -0.917. The predicted molar refractivity (Wildman–Crippen MR) is 73.1 cm³/mol. The lowest BCUT2D eigenvalue weighted by atomic mass is 10.2. The standard InChI is InChI=1S/C15H14N2O2/c1-10-8-12(15(18)19)9-14(16-10)17-7-6-11-4-2-3-5-13(11)17/h2-5,8-9H,6-7H2,1H3,(H,18,19). The molecule has 96 valence electrons. The average Bonchev–Trinajstić information content (AvgIpc) is 2.81. The molecule has 1 aromatic carbocycles. The number of aryl methyl sites for hydroxylation is 1. The molecule has 0 saturated carbocycles. The van der Waals surface area contributed by atoms with Gasteiger partial charge in [0, 0.05) is 17.9 Å². The van der Waals surface area contributed by atoms with E-state index < -0.39 is 5.97 Å². The van der Waals surface area contributed by atoms with Crippen LogP contribution in [0.3, 0.4) is 0 Å². The molecule has 0 bridgehead atoms. The summed E-state index contributed by atoms with van der Waals surface area (Å²) in [7, 11) is 0. The molecule has 3 rings (SSSR count). The summed E-state index contributed by atoms with van der Waals surface area (Å²) in [4.78, 5) is 17.7. The number of anilines is 2. The number of carbonyl (C=O) groups is 1. The molecule has 0 unspecified atom stereocenters. The number of fused-ring (bicyclic) bond motifs is 1. The van der Waals surface area contributed by atoms with Crippen LogP contribution in [0.4, 0.5) is 11.5 Å². The molecule has 4 heteroatoms. The van der Waals surface area contributed by atoms with Gasteiger partial charge in [-0.2, -0.15) is 0 Å². The van der Waals surface area contributed by atoms with Crippen LogP contribution in [0.2, 0.25) is 0 Å². The molecule has 0 saturated heterocycles. The number of rotatable bonds is 2. The van der Waals surface area contributed by atoms with E-state index in [0.29, 0.717) is 5.82 Å². The summed E-state index contributed by atoms with van der Waals surface area (Å²) in [6.45, 7) is 2.66. The molecule has 1 aliphatic rings. The maximum atomic E-state index is 11.1. The van der Waals surface area contributed by atoms with E-state index in [9.17, 15) is 4.79 Å². The Labute approximate surface area is 111 Å². The van der Waals surface area contributed by atoms with Crippen LogP contribution in [0.15, 0.2) is 36.4 Å². The number of benzene rings is 1. The molecule has 0 radical (unpaired) electrons. The first-order valence-corrected chi connectivity index (χ1v) is 6.22. The Morgan fingerprint density at radius 1 is 1.32 bits per heavy atom. The van der Waals surface area contributed by atoms with Crippen molar-refractivity contribution in [3.05, 3.63) is 53.2 Å². The minimum absolute atomic E-state index is 0.284. The van der Waals surface area contributed by atoms with Crippen LogP contribution in [0, 0.1) is 6.92 Å². The van der Waals surface area contributed by atoms with E-state index in [1.54, 1.807) is 12.1 Å². The van der Waals surface area contributed by atoms with Gasteiger partial charge in [-0.3, -0.25) is 0 Å². The van der Waals surface area contributed by atoms with Crippen molar-refractivity contribution in [3.63, 3.8) is 0 Å². The molecule has 0 amide bonds. The van der Waals surface area contributed by atoms with Crippen LogP contribution in [0.1, 0.15) is 21.6 Å². The molecular formula is C15H14N2O2. The molecule has 0 atom stereocenters. The van der Waals surface area contributed by atoms with Gasteiger partial charge in [-0.1, -0.05) is 18.2 Å². The highest BCUT2D eigenvalue weighted by Gasteiger charge is 2.21. The van der Waals surface area contributed by atoms with Crippen molar-refractivity contribution in [1.29, 1.82) is 0 Å². The molecule has 1 aromatic heterocycles. The normalized spacial score (nSPS) is 13.4. The lowest BCUT2D eigenvalue weighted by Crippen LogP contribution is -2.16. The molecular weight excluding hydrogens is 240 g/mol. The Balaban J connectivity index is 2.07. The Hall–Kier alpha value is -2.36. The van der Waals surface area contributed by atoms with Crippen molar-refractivity contribution in [3.8, 4) is 0 Å². The van der Waals surface area contributed by atoms with Gasteiger partial charge in [-0.15, -0.1) is 0 Å². The van der Waals surface area contributed by atoms with E-state index in [4.69, 9.17) is 5.11 Å². The summed E-state index contributed by atoms with van der Waals surface area (Å²) in [5, 5.41) is 9.13. The predicted octanol–water partition coefficient (Wildman–Crippen LogP) is 2.78. The van der Waals surface area contributed by atoms with Gasteiger partial charge in [-0.05, 0) is 37.1 Å². The summed E-state index contributed by atoms with van der Waals surface area (Å²) >= 11 is 0. The van der Waals surface area contributed by atoms with Crippen LogP contribution in [-0.2, 0) is 6.42 Å². The zero-order chi connectivity index (χ0) is 13.4. The fourth-order valence-electron chi connectivity index (χ4n) is 2.49. The molecule has 2 aromatic rings. The van der Waals surface area contributed by atoms with Gasteiger partial charge >= 0.3 is 5.97 Å². The number of carboxylic acids is 1. The van der Waals surface area contributed by atoms with E-state index in [1.807, 2.05) is 25.1 Å². The van der Waals surface area contributed by atoms with Gasteiger partial charge in [0.05, 0.1) is 5.56 Å². The summed E-state index contributed by atoms with van der Waals surface area (Å²) in [5.41, 5.74) is 3.41. The van der Waals surface area contributed by atoms with Gasteiger partial charge in [0.2, 0.25) is 0 Å². The fraction of sp³-hybridized carbons (Fsp3) is 0.200. The summed E-state index contributed by atoms with van der Waals surface area (Å²) in [5.74, 6) is -0.207. The monoisotopic (exact) mass is 254 g/mol. The van der Waals surface area contributed by atoms with Crippen molar-refractivity contribution >= 4 is 17.5 Å². The van der Waals surface area contributed by atoms with Gasteiger partial charge in [0.25, 0.3) is 0 Å². The smallest absolute Gasteiger partial charge is 0.335 e. The second kappa shape index (κ2) is 4.39. The maximum absolute atomic E-state index is 11.1. The van der Waals surface area contributed by atoms with Gasteiger partial charge < -0.3 is 10.0 Å². The van der Waals surface area contributed by atoms with Crippen LogP contribution >= 0.6 is 0 Å². The molecule has 2 heterocycles. The highest BCUT2D eigenvalue weighted by Crippen LogP contribution is 2.33. The summed E-state index contributed by atoms with van der Waals surface area (Å²) in [6, 6.07) is 11.4. The Kier molecular flexibility index (Phi) is 2.71. The number of aromatic nitrogens is 1. The van der Waals surface area contributed by atoms with Crippen molar-refractivity contribution in [2.75, 3.05) is 11.4 Å². The number of nitrogens with zero attached hydrogens (tertiary/aromatic N) is 2. The average molecular weight is 254 g/mol. The van der Waals surface area contributed by atoms with E-state index in [1.165, 1.54) is 5.56 Å². The van der Waals surface area contributed by atoms with Crippen LogP contribution in [-0.4, -0.2) is 22.6 Å². The minimum Gasteiger partial charge on any atom is -0.478 e. The summed E-state index contributed by atoms with van der Waals surface area (Å²) in [6.07, 6.45) is 0.966. The van der Waals surface area contributed by atoms with Crippen molar-refractivity contribution in [2.24, 2.45) is 0 Å². The number of hydrogen-bond acceptors (Lipinski definition) is 3. The van der Waals surface area contributed by atoms with Crippen LogP contribution < -0.4 is 4.90 Å². The molecule has 4 nitrogen and oxygen atoms in total. The van der Waals surface area contributed by atoms with Crippen molar-refractivity contribution < 1.29 is 9.90 Å². The third-order valence-electron chi connectivity index (χ3n) is 3.35. The van der Waals surface area contributed by atoms with E-state index in [-0.39, 0.29) is 5.56 Å². The molecule has 1 N–H and O–H groups in total.